The first kappa shape index (κ1) is 19.3. The largest absolute Gasteiger partial charge is 0.416 e. The van der Waals surface area contributed by atoms with Crippen LogP contribution in [0.1, 0.15) is 23.1 Å². The van der Waals surface area contributed by atoms with Crippen LogP contribution in [0.4, 0.5) is 18.9 Å². The fourth-order valence-electron chi connectivity index (χ4n) is 3.41. The van der Waals surface area contributed by atoms with E-state index in [1.54, 1.807) is 12.1 Å². The number of H-pyrrole nitrogens is 1. The Morgan fingerprint density at radius 3 is 2.86 bits per heavy atom. The number of nitro groups is 1. The smallest absolute Gasteiger partial charge is 0.371 e. The topological polar surface area (TPSA) is 84.3 Å². The van der Waals surface area contributed by atoms with Crippen LogP contribution in [0, 0.1) is 10.1 Å². The van der Waals surface area contributed by atoms with Crippen LogP contribution in [0.25, 0.3) is 11.0 Å². The molecule has 1 aliphatic rings. The van der Waals surface area contributed by atoms with E-state index in [-0.39, 0.29) is 5.69 Å². The molecule has 1 fully saturated rings. The number of hydrogen-bond acceptors (Lipinski definition) is 5. The van der Waals surface area contributed by atoms with E-state index in [9.17, 15) is 23.3 Å². The van der Waals surface area contributed by atoms with Crippen molar-refractivity contribution >= 4 is 16.7 Å². The molecule has 0 bridgehead atoms. The van der Waals surface area contributed by atoms with Gasteiger partial charge < -0.3 is 9.72 Å². The number of nitrogens with one attached hydrogen (secondary N) is 1. The van der Waals surface area contributed by atoms with Crippen molar-refractivity contribution < 1.29 is 22.8 Å². The summed E-state index contributed by atoms with van der Waals surface area (Å²) in [7, 11) is 0. The SMILES string of the molecule is O=[N+]([O-])c1ccc2nc(CN3CCO[C@@H](c4cccc(C(F)(F)F)c4)C3)[nH]c2c1. The second-order valence-electron chi connectivity index (χ2n) is 6.86. The van der Waals surface area contributed by atoms with Crippen LogP contribution in [-0.2, 0) is 17.5 Å². The van der Waals surface area contributed by atoms with Gasteiger partial charge in [0.05, 0.1) is 40.8 Å². The Balaban J connectivity index is 1.49. The number of imidazole rings is 1. The molecule has 3 aromatic rings. The molecular weight excluding hydrogens is 389 g/mol. The van der Waals surface area contributed by atoms with Gasteiger partial charge in [-0.25, -0.2) is 4.98 Å². The van der Waals surface area contributed by atoms with E-state index in [0.29, 0.717) is 48.7 Å². The molecule has 0 aliphatic carbocycles. The van der Waals surface area contributed by atoms with Crippen LogP contribution in [0.2, 0.25) is 0 Å². The number of ether oxygens (including phenoxy) is 1. The molecule has 2 aromatic carbocycles. The summed E-state index contributed by atoms with van der Waals surface area (Å²) >= 11 is 0. The van der Waals surface area contributed by atoms with E-state index in [4.69, 9.17) is 4.74 Å². The number of aromatic nitrogens is 2. The molecule has 1 aromatic heterocycles. The highest BCUT2D eigenvalue weighted by molar-refractivity contribution is 5.77. The number of nitro benzene ring substituents is 1. The van der Waals surface area contributed by atoms with Gasteiger partial charge in [0.25, 0.3) is 5.69 Å². The second-order valence-corrected chi connectivity index (χ2v) is 6.86. The summed E-state index contributed by atoms with van der Waals surface area (Å²) in [4.78, 5) is 20.0. The second kappa shape index (κ2) is 7.45. The first-order valence-corrected chi connectivity index (χ1v) is 8.94. The van der Waals surface area contributed by atoms with Crippen LogP contribution in [-0.4, -0.2) is 39.5 Å². The Hall–Kier alpha value is -2.98. The molecule has 0 spiro atoms. The van der Waals surface area contributed by atoms with Gasteiger partial charge in [0.1, 0.15) is 5.82 Å². The fourth-order valence-corrected chi connectivity index (χ4v) is 3.41. The van der Waals surface area contributed by atoms with Crippen molar-refractivity contribution in [3.63, 3.8) is 0 Å². The molecule has 29 heavy (non-hydrogen) atoms. The quantitative estimate of drug-likeness (QED) is 0.522. The third-order valence-electron chi connectivity index (χ3n) is 4.84. The minimum Gasteiger partial charge on any atom is -0.371 e. The van der Waals surface area contributed by atoms with Gasteiger partial charge in [-0.2, -0.15) is 13.2 Å². The zero-order valence-electron chi connectivity index (χ0n) is 15.1. The zero-order valence-corrected chi connectivity index (χ0v) is 15.1. The van der Waals surface area contributed by atoms with Gasteiger partial charge in [-0.3, -0.25) is 15.0 Å². The molecule has 0 radical (unpaired) electrons. The lowest BCUT2D eigenvalue weighted by Gasteiger charge is -2.32. The number of nitrogens with zero attached hydrogens (tertiary/aromatic N) is 3. The van der Waals surface area contributed by atoms with Gasteiger partial charge in [-0.05, 0) is 23.8 Å². The van der Waals surface area contributed by atoms with Gasteiger partial charge in [0.15, 0.2) is 0 Å². The molecule has 1 N–H and O–H groups in total. The number of alkyl halides is 3. The number of benzene rings is 2. The predicted octanol–water partition coefficient (Wildman–Crippen LogP) is 4.06. The van der Waals surface area contributed by atoms with Gasteiger partial charge in [-0.15, -0.1) is 0 Å². The summed E-state index contributed by atoms with van der Waals surface area (Å²) in [5, 5.41) is 10.9. The fraction of sp³-hybridized carbons (Fsp3) is 0.316. The number of aromatic amines is 1. The first-order valence-electron chi connectivity index (χ1n) is 8.94. The Kier molecular flexibility index (Phi) is 4.97. The third-order valence-corrected chi connectivity index (χ3v) is 4.84. The summed E-state index contributed by atoms with van der Waals surface area (Å²) < 4.78 is 44.6. The van der Waals surface area contributed by atoms with E-state index >= 15 is 0 Å². The lowest BCUT2D eigenvalue weighted by Crippen LogP contribution is -2.38. The average molecular weight is 406 g/mol. The number of halogens is 3. The highest BCUT2D eigenvalue weighted by atomic mass is 19.4. The van der Waals surface area contributed by atoms with Crippen molar-refractivity contribution in [2.75, 3.05) is 19.7 Å². The summed E-state index contributed by atoms with van der Waals surface area (Å²) in [6, 6.07) is 9.57. The van der Waals surface area contributed by atoms with Crippen LogP contribution >= 0.6 is 0 Å². The monoisotopic (exact) mass is 406 g/mol. The molecule has 0 amide bonds. The van der Waals surface area contributed by atoms with Gasteiger partial charge in [0, 0.05) is 25.2 Å². The van der Waals surface area contributed by atoms with Gasteiger partial charge >= 0.3 is 6.18 Å². The number of morpholine rings is 1. The number of hydrogen-bond donors (Lipinski definition) is 1. The van der Waals surface area contributed by atoms with Crippen LogP contribution in [0.5, 0.6) is 0 Å². The molecule has 2 heterocycles. The normalized spacial score (nSPS) is 18.2. The first-order chi connectivity index (χ1) is 13.8. The maximum Gasteiger partial charge on any atom is 0.416 e. The lowest BCUT2D eigenvalue weighted by molar-refractivity contribution is -0.384. The molecule has 1 saturated heterocycles. The van der Waals surface area contributed by atoms with Crippen molar-refractivity contribution in [2.24, 2.45) is 0 Å². The van der Waals surface area contributed by atoms with Gasteiger partial charge in [-0.1, -0.05) is 12.1 Å². The highest BCUT2D eigenvalue weighted by Gasteiger charge is 2.32. The molecule has 0 saturated carbocycles. The molecule has 1 atom stereocenters. The zero-order chi connectivity index (χ0) is 20.6. The van der Waals surface area contributed by atoms with Crippen molar-refractivity contribution in [1.29, 1.82) is 0 Å². The molecule has 7 nitrogen and oxygen atoms in total. The Morgan fingerprint density at radius 1 is 1.28 bits per heavy atom. The number of fused-ring (bicyclic) bond motifs is 1. The minimum atomic E-state index is -4.40. The average Bonchev–Trinajstić information content (AvgIpc) is 3.09. The predicted molar refractivity (Wildman–Crippen MR) is 98.2 cm³/mol. The molecule has 4 rings (SSSR count). The molecular formula is C19H17F3N4O3. The van der Waals surface area contributed by atoms with Crippen LogP contribution in [0.3, 0.4) is 0 Å². The van der Waals surface area contributed by atoms with E-state index in [2.05, 4.69) is 9.97 Å². The van der Waals surface area contributed by atoms with Crippen LogP contribution < -0.4 is 0 Å². The van der Waals surface area contributed by atoms with E-state index in [1.807, 2.05) is 4.90 Å². The summed E-state index contributed by atoms with van der Waals surface area (Å²) in [6.45, 7) is 1.83. The van der Waals surface area contributed by atoms with Crippen molar-refractivity contribution in [2.45, 2.75) is 18.8 Å². The van der Waals surface area contributed by atoms with Crippen molar-refractivity contribution in [3.05, 3.63) is 69.5 Å². The van der Waals surface area contributed by atoms with Crippen molar-refractivity contribution in [1.82, 2.24) is 14.9 Å². The van der Waals surface area contributed by atoms with Gasteiger partial charge in [0.2, 0.25) is 0 Å². The summed E-state index contributed by atoms with van der Waals surface area (Å²) in [5.41, 5.74) is 0.938. The van der Waals surface area contributed by atoms with Crippen LogP contribution in [0.15, 0.2) is 42.5 Å². The summed E-state index contributed by atoms with van der Waals surface area (Å²) in [5.74, 6) is 0.630. The Labute approximate surface area is 163 Å². The molecule has 10 heteroatoms. The standard InChI is InChI=1S/C19H17F3N4O3/c20-19(21,22)13-3-1-2-12(8-13)17-10-25(6-7-29-17)11-18-23-15-5-4-14(26(27)28)9-16(15)24-18/h1-5,8-9,17H,6-7,10-11H2,(H,23,24)/t17-/m1/s1. The van der Waals surface area contributed by atoms with E-state index < -0.39 is 22.8 Å². The Morgan fingerprint density at radius 2 is 2.10 bits per heavy atom. The Bertz CT molecular complexity index is 1050. The maximum absolute atomic E-state index is 13.0. The van der Waals surface area contributed by atoms with E-state index in [0.717, 1.165) is 12.1 Å². The highest BCUT2D eigenvalue weighted by Crippen LogP contribution is 2.32. The number of rotatable bonds is 4. The molecule has 0 unspecified atom stereocenters. The van der Waals surface area contributed by atoms with Crippen molar-refractivity contribution in [3.8, 4) is 0 Å². The number of non-ortho nitro benzene ring substituents is 1. The minimum absolute atomic E-state index is 0.0244. The molecule has 152 valence electrons. The third kappa shape index (κ3) is 4.22. The lowest BCUT2D eigenvalue weighted by atomic mass is 10.0. The maximum atomic E-state index is 13.0. The summed E-state index contributed by atoms with van der Waals surface area (Å²) in [6.07, 6.45) is -4.88. The molecule has 1 aliphatic heterocycles. The van der Waals surface area contributed by atoms with E-state index in [1.165, 1.54) is 18.2 Å².